The van der Waals surface area contributed by atoms with Crippen LogP contribution in [0.5, 0.6) is 23.0 Å². The lowest BCUT2D eigenvalue weighted by molar-refractivity contribution is 0.0222. The predicted octanol–water partition coefficient (Wildman–Crippen LogP) is 7.87. The first kappa shape index (κ1) is 37.4. The molecule has 52 heavy (non-hydrogen) atoms. The summed E-state index contributed by atoms with van der Waals surface area (Å²) in [4.78, 5) is 0. The second-order valence-electron chi connectivity index (χ2n) is 10.8. The van der Waals surface area contributed by atoms with Crippen LogP contribution in [0.1, 0.15) is 13.8 Å². The van der Waals surface area contributed by atoms with E-state index in [0.717, 1.165) is 49.8 Å². The van der Waals surface area contributed by atoms with Gasteiger partial charge in [-0.1, -0.05) is 0 Å². The fourth-order valence-corrected chi connectivity index (χ4v) is 4.71. The number of methoxy groups -OCH3 is 1. The molecule has 8 rings (SSSR count). The molecule has 0 aliphatic heterocycles. The molecule has 8 aromatic rings. The van der Waals surface area contributed by atoms with Crippen LogP contribution in [-0.4, -0.2) is 56.2 Å². The van der Waals surface area contributed by atoms with Crippen LogP contribution in [-0.2, 0) is 9.47 Å². The van der Waals surface area contributed by atoms with Crippen molar-refractivity contribution in [3.63, 3.8) is 0 Å². The van der Waals surface area contributed by atoms with Crippen LogP contribution in [0.3, 0.4) is 0 Å². The highest BCUT2D eigenvalue weighted by molar-refractivity contribution is 6.57. The molecule has 4 aromatic heterocycles. The van der Waals surface area contributed by atoms with Gasteiger partial charge in [-0.15, -0.1) is 0 Å². The lowest BCUT2D eigenvalue weighted by Gasteiger charge is -2.04. The van der Waals surface area contributed by atoms with E-state index in [1.165, 1.54) is 0 Å². The van der Waals surface area contributed by atoms with Crippen molar-refractivity contribution < 1.29 is 56.5 Å². The molecule has 0 radical (unpaired) electrons. The number of furan rings is 4. The van der Waals surface area contributed by atoms with E-state index in [-0.39, 0.29) is 18.2 Å². The normalized spacial score (nSPS) is 10.6. The van der Waals surface area contributed by atoms with Gasteiger partial charge >= 0.3 is 7.12 Å². The van der Waals surface area contributed by atoms with Crippen LogP contribution in [0.2, 0.25) is 0 Å². The van der Waals surface area contributed by atoms with E-state index >= 15 is 0 Å². The van der Waals surface area contributed by atoms with Crippen LogP contribution < -0.4 is 19.9 Å². The molecular formula is C39H39BO12. The molecule has 0 bridgehead atoms. The number of rotatable bonds is 10. The van der Waals surface area contributed by atoms with Gasteiger partial charge in [0.15, 0.2) is 13.6 Å². The van der Waals surface area contributed by atoms with E-state index < -0.39 is 7.12 Å². The van der Waals surface area contributed by atoms with E-state index in [9.17, 15) is 0 Å². The number of phenolic OH excluding ortho intramolecular Hbond substituents is 1. The van der Waals surface area contributed by atoms with Gasteiger partial charge in [-0.3, -0.25) is 0 Å². The molecule has 4 heterocycles. The smallest absolute Gasteiger partial charge is 0.508 e. The van der Waals surface area contributed by atoms with Crippen molar-refractivity contribution in [2.45, 2.75) is 13.8 Å². The van der Waals surface area contributed by atoms with Crippen molar-refractivity contribution in [2.24, 2.45) is 0 Å². The van der Waals surface area contributed by atoms with Gasteiger partial charge in [0.05, 0.1) is 25.9 Å². The highest BCUT2D eigenvalue weighted by Gasteiger charge is 2.17. The third-order valence-corrected chi connectivity index (χ3v) is 7.31. The fraction of sp³-hybridized carbons (Fsp3) is 0.179. The first-order chi connectivity index (χ1) is 25.4. The summed E-state index contributed by atoms with van der Waals surface area (Å²) in [5.74, 6) is 2.57. The molecule has 270 valence electrons. The van der Waals surface area contributed by atoms with Gasteiger partial charge in [-0.25, -0.2) is 0 Å². The van der Waals surface area contributed by atoms with Crippen LogP contribution in [0, 0.1) is 0 Å². The Kier molecular flexibility index (Phi) is 13.6. The maximum absolute atomic E-state index is 9.01. The SMILES string of the molecule is CCOCOc1ccc2oc(B(O)O)cc2c1.CCOCOc1ccc2occc2c1.COc1ccc2occc2c1.Oc1ccc2occc2c1. The monoisotopic (exact) mass is 710 g/mol. The van der Waals surface area contributed by atoms with Gasteiger partial charge in [0.2, 0.25) is 0 Å². The molecule has 0 saturated carbocycles. The highest BCUT2D eigenvalue weighted by atomic mass is 16.7. The predicted molar refractivity (Wildman–Crippen MR) is 197 cm³/mol. The molecule has 0 atom stereocenters. The van der Waals surface area contributed by atoms with Gasteiger partial charge in [0.1, 0.15) is 51.0 Å². The molecule has 0 saturated heterocycles. The third kappa shape index (κ3) is 10.6. The Morgan fingerprint density at radius 3 is 1.52 bits per heavy atom. The number of ether oxygens (including phenoxy) is 5. The van der Waals surface area contributed by atoms with E-state index in [1.807, 2.05) is 68.4 Å². The molecule has 0 spiro atoms. The Balaban J connectivity index is 0.000000137. The second-order valence-corrected chi connectivity index (χ2v) is 10.8. The first-order valence-corrected chi connectivity index (χ1v) is 16.3. The number of benzene rings is 4. The number of hydrogen-bond acceptors (Lipinski definition) is 12. The summed E-state index contributed by atoms with van der Waals surface area (Å²) >= 11 is 0. The molecule has 3 N–H and O–H groups in total. The molecule has 12 nitrogen and oxygen atoms in total. The lowest BCUT2D eigenvalue weighted by atomic mass is 9.88. The van der Waals surface area contributed by atoms with E-state index in [2.05, 4.69) is 0 Å². The van der Waals surface area contributed by atoms with Crippen LogP contribution in [0.4, 0.5) is 0 Å². The van der Waals surface area contributed by atoms with Crippen molar-refractivity contribution in [3.05, 3.63) is 116 Å². The van der Waals surface area contributed by atoms with Gasteiger partial charge in [-0.05, 0) is 111 Å². The Bertz CT molecular complexity index is 2250. The minimum absolute atomic E-state index is 0.113. The van der Waals surface area contributed by atoms with Gasteiger partial charge < -0.3 is 56.5 Å². The molecule has 13 heteroatoms. The topological polar surface area (TPSA) is 159 Å². The average Bonchev–Trinajstić information content (AvgIpc) is 3.98. The number of hydrogen-bond donors (Lipinski definition) is 3. The van der Waals surface area contributed by atoms with Gasteiger partial charge in [0, 0.05) is 34.8 Å². The third-order valence-electron chi connectivity index (χ3n) is 7.31. The molecule has 0 aliphatic carbocycles. The van der Waals surface area contributed by atoms with Crippen LogP contribution >= 0.6 is 0 Å². The molecule has 0 unspecified atom stereocenters. The summed E-state index contributed by atoms with van der Waals surface area (Å²) in [5.41, 5.74) is 3.26. The van der Waals surface area contributed by atoms with Gasteiger partial charge in [-0.2, -0.15) is 0 Å². The van der Waals surface area contributed by atoms with Crippen LogP contribution in [0.25, 0.3) is 43.9 Å². The average molecular weight is 711 g/mol. The zero-order valence-electron chi connectivity index (χ0n) is 28.9. The summed E-state index contributed by atoms with van der Waals surface area (Å²) in [6, 6.07) is 28.8. The largest absolute Gasteiger partial charge is 0.526 e. The maximum Gasteiger partial charge on any atom is 0.526 e. The van der Waals surface area contributed by atoms with Crippen molar-refractivity contribution in [2.75, 3.05) is 33.9 Å². The summed E-state index contributed by atoms with van der Waals surface area (Å²) in [6.45, 7) is 5.55. The standard InChI is InChI=1S/C11H13BO5.C11H12O3.C9H8O2.C8H6O2/c1-2-15-7-16-9-3-4-10-8(5-9)6-11(17-10)12(13)14;1-2-12-8-14-10-3-4-11-9(7-10)5-6-13-11;1-10-8-2-3-9-7(6-8)4-5-11-9;9-7-1-2-8-6(5-7)3-4-10-8/h3-6,13-14H,2,7H2,1H3;3-7H,2,8H2,1H3;2-6H,1H3;1-5,9H. The van der Waals surface area contributed by atoms with Crippen molar-refractivity contribution in [3.8, 4) is 23.0 Å². The van der Waals surface area contributed by atoms with Crippen molar-refractivity contribution >= 4 is 56.7 Å². The second kappa shape index (κ2) is 18.9. The van der Waals surface area contributed by atoms with Crippen molar-refractivity contribution in [1.82, 2.24) is 0 Å². The molecular weight excluding hydrogens is 671 g/mol. The Hall–Kier alpha value is -5.86. The molecule has 4 aromatic carbocycles. The number of fused-ring (bicyclic) bond motifs is 4. The fourth-order valence-electron chi connectivity index (χ4n) is 4.71. The zero-order valence-corrected chi connectivity index (χ0v) is 28.9. The molecule has 0 fully saturated rings. The minimum Gasteiger partial charge on any atom is -0.508 e. The number of phenols is 1. The van der Waals surface area contributed by atoms with Crippen LogP contribution in [0.15, 0.2) is 134 Å². The van der Waals surface area contributed by atoms with Crippen molar-refractivity contribution in [1.29, 1.82) is 0 Å². The Morgan fingerprint density at radius 1 is 0.538 bits per heavy atom. The van der Waals surface area contributed by atoms with Gasteiger partial charge in [0.25, 0.3) is 0 Å². The molecule has 0 aliphatic rings. The number of aromatic hydroxyl groups is 1. The summed E-state index contributed by atoms with van der Waals surface area (Å²) in [5, 5.41) is 30.8. The van der Waals surface area contributed by atoms with E-state index in [0.29, 0.717) is 31.3 Å². The quantitative estimate of drug-likeness (QED) is 0.0717. The summed E-state index contributed by atoms with van der Waals surface area (Å²) < 4.78 is 46.6. The first-order valence-electron chi connectivity index (χ1n) is 16.3. The minimum atomic E-state index is -1.60. The lowest BCUT2D eigenvalue weighted by Crippen LogP contribution is -2.27. The van der Waals surface area contributed by atoms with E-state index in [4.69, 9.17) is 56.5 Å². The highest BCUT2D eigenvalue weighted by Crippen LogP contribution is 2.23. The summed E-state index contributed by atoms with van der Waals surface area (Å²) in [7, 11) is 0.0523. The molecule has 0 amide bonds. The summed E-state index contributed by atoms with van der Waals surface area (Å²) in [6.07, 6.45) is 4.94. The maximum atomic E-state index is 9.01. The Morgan fingerprint density at radius 2 is 1.00 bits per heavy atom. The Labute approximate surface area is 299 Å². The van der Waals surface area contributed by atoms with E-state index in [1.54, 1.807) is 68.4 Å². The zero-order chi connectivity index (χ0) is 36.7.